The molecule has 0 bridgehead atoms. The molecule has 104 valence electrons. The second-order valence-electron chi connectivity index (χ2n) is 5.07. The second-order valence-corrected chi connectivity index (χ2v) is 5.07. The van der Waals surface area contributed by atoms with Crippen LogP contribution >= 0.6 is 0 Å². The normalized spacial score (nSPS) is 18.9. The monoisotopic (exact) mass is 268 g/mol. The maximum Gasteiger partial charge on any atom is 0.197 e. The van der Waals surface area contributed by atoms with Gasteiger partial charge in [0.25, 0.3) is 0 Å². The molecule has 1 saturated carbocycles. The predicted octanol–water partition coefficient (Wildman–Crippen LogP) is 3.89. The molecule has 1 aromatic carbocycles. The Bertz CT molecular complexity index is 463. The fourth-order valence-corrected chi connectivity index (χ4v) is 2.74. The van der Waals surface area contributed by atoms with Crippen LogP contribution in [0.3, 0.4) is 0 Å². The van der Waals surface area contributed by atoms with Crippen molar-refractivity contribution in [3.05, 3.63) is 35.4 Å². The molecule has 2 rings (SSSR count). The van der Waals surface area contributed by atoms with E-state index < -0.39 is 17.2 Å². The van der Waals surface area contributed by atoms with E-state index in [1.165, 1.54) is 13.2 Å². The van der Waals surface area contributed by atoms with E-state index in [9.17, 15) is 13.6 Å². The van der Waals surface area contributed by atoms with Gasteiger partial charge in [0.05, 0.1) is 5.56 Å². The van der Waals surface area contributed by atoms with Crippen molar-refractivity contribution in [1.29, 1.82) is 0 Å². The first-order valence-corrected chi connectivity index (χ1v) is 6.64. The summed E-state index contributed by atoms with van der Waals surface area (Å²) in [5, 5.41) is 0. The van der Waals surface area contributed by atoms with E-state index in [1.807, 2.05) is 0 Å². The lowest BCUT2D eigenvalue weighted by molar-refractivity contribution is -0.00723. The maximum absolute atomic E-state index is 13.7. The summed E-state index contributed by atoms with van der Waals surface area (Å²) in [6, 6.07) is 3.06. The van der Waals surface area contributed by atoms with Gasteiger partial charge in [-0.1, -0.05) is 25.7 Å². The first-order chi connectivity index (χ1) is 9.09. The minimum atomic E-state index is -0.949. The number of rotatable bonds is 3. The Labute approximate surface area is 111 Å². The van der Waals surface area contributed by atoms with E-state index in [-0.39, 0.29) is 11.3 Å². The third kappa shape index (κ3) is 2.84. The first kappa shape index (κ1) is 14.1. The van der Waals surface area contributed by atoms with Gasteiger partial charge in [0.15, 0.2) is 5.78 Å². The number of ether oxygens (including phenoxy) is 1. The minimum absolute atomic E-state index is 0.0786. The minimum Gasteiger partial charge on any atom is -0.370 e. The van der Waals surface area contributed by atoms with Crippen molar-refractivity contribution < 1.29 is 18.3 Å². The summed E-state index contributed by atoms with van der Waals surface area (Å²) in [6.45, 7) is 0. The smallest absolute Gasteiger partial charge is 0.197 e. The molecule has 2 nitrogen and oxygen atoms in total. The van der Waals surface area contributed by atoms with Gasteiger partial charge >= 0.3 is 0 Å². The number of hydrogen-bond acceptors (Lipinski definition) is 2. The Morgan fingerprint density at radius 2 is 1.79 bits per heavy atom. The molecule has 1 aliphatic rings. The zero-order chi connectivity index (χ0) is 13.9. The Morgan fingerprint density at radius 1 is 1.16 bits per heavy atom. The SMILES string of the molecule is COC1(C(=O)c2ccc(F)cc2F)CCCCCC1. The Balaban J connectivity index is 2.34. The third-order valence-electron chi connectivity index (χ3n) is 3.89. The van der Waals surface area contributed by atoms with Crippen LogP contribution in [0.4, 0.5) is 8.78 Å². The van der Waals surface area contributed by atoms with E-state index >= 15 is 0 Å². The molecule has 4 heteroatoms. The Morgan fingerprint density at radius 3 is 2.32 bits per heavy atom. The predicted molar refractivity (Wildman–Crippen MR) is 68.1 cm³/mol. The largest absolute Gasteiger partial charge is 0.370 e. The van der Waals surface area contributed by atoms with Crippen molar-refractivity contribution in [2.24, 2.45) is 0 Å². The molecule has 0 aromatic heterocycles. The van der Waals surface area contributed by atoms with Crippen molar-refractivity contribution in [3.63, 3.8) is 0 Å². The second kappa shape index (κ2) is 5.78. The van der Waals surface area contributed by atoms with Gasteiger partial charge in [-0.25, -0.2) is 8.78 Å². The van der Waals surface area contributed by atoms with Crippen LogP contribution in [0.15, 0.2) is 18.2 Å². The van der Waals surface area contributed by atoms with Crippen molar-refractivity contribution in [2.45, 2.75) is 44.1 Å². The van der Waals surface area contributed by atoms with Gasteiger partial charge in [0.1, 0.15) is 17.2 Å². The average molecular weight is 268 g/mol. The summed E-state index contributed by atoms with van der Waals surface area (Å²) in [7, 11) is 1.49. The molecular weight excluding hydrogens is 250 g/mol. The maximum atomic E-state index is 13.7. The molecule has 0 aliphatic heterocycles. The highest BCUT2D eigenvalue weighted by Crippen LogP contribution is 2.33. The van der Waals surface area contributed by atoms with Gasteiger partial charge < -0.3 is 4.74 Å². The van der Waals surface area contributed by atoms with Gasteiger partial charge in [-0.3, -0.25) is 4.79 Å². The molecule has 0 saturated heterocycles. The van der Waals surface area contributed by atoms with Crippen LogP contribution in [0.2, 0.25) is 0 Å². The fourth-order valence-electron chi connectivity index (χ4n) is 2.74. The number of ketones is 1. The molecule has 1 aliphatic carbocycles. The van der Waals surface area contributed by atoms with Gasteiger partial charge in [-0.15, -0.1) is 0 Å². The van der Waals surface area contributed by atoms with Crippen molar-refractivity contribution >= 4 is 5.78 Å². The third-order valence-corrected chi connectivity index (χ3v) is 3.89. The lowest BCUT2D eigenvalue weighted by atomic mass is 9.85. The molecule has 0 radical (unpaired) electrons. The van der Waals surface area contributed by atoms with Crippen molar-refractivity contribution in [2.75, 3.05) is 7.11 Å². The standard InChI is InChI=1S/C15H18F2O2/c1-19-15(8-4-2-3-5-9-15)14(18)12-7-6-11(16)10-13(12)17/h6-7,10H,2-5,8-9H2,1H3. The molecule has 0 heterocycles. The lowest BCUT2D eigenvalue weighted by Crippen LogP contribution is -2.40. The first-order valence-electron chi connectivity index (χ1n) is 6.64. The quantitative estimate of drug-likeness (QED) is 0.614. The van der Waals surface area contributed by atoms with Crippen molar-refractivity contribution in [1.82, 2.24) is 0 Å². The number of carbonyl (C=O) groups excluding carboxylic acids is 1. The van der Waals surface area contributed by atoms with Gasteiger partial charge in [-0.2, -0.15) is 0 Å². The van der Waals surface area contributed by atoms with Crippen LogP contribution < -0.4 is 0 Å². The Hall–Kier alpha value is -1.29. The van der Waals surface area contributed by atoms with E-state index in [2.05, 4.69) is 0 Å². The summed E-state index contributed by atoms with van der Waals surface area (Å²) in [4.78, 5) is 12.6. The number of carbonyl (C=O) groups is 1. The fraction of sp³-hybridized carbons (Fsp3) is 0.533. The molecule has 0 N–H and O–H groups in total. The van der Waals surface area contributed by atoms with Crippen LogP contribution in [0, 0.1) is 11.6 Å². The van der Waals surface area contributed by atoms with Crippen molar-refractivity contribution in [3.8, 4) is 0 Å². The molecule has 19 heavy (non-hydrogen) atoms. The summed E-state index contributed by atoms with van der Waals surface area (Å²) in [6.07, 6.45) is 5.09. The van der Waals surface area contributed by atoms with E-state index in [4.69, 9.17) is 4.74 Å². The highest BCUT2D eigenvalue weighted by Gasteiger charge is 2.40. The van der Waals surface area contributed by atoms with Gasteiger partial charge in [0.2, 0.25) is 0 Å². The molecular formula is C15H18F2O2. The molecule has 0 atom stereocenters. The molecule has 0 amide bonds. The van der Waals surface area contributed by atoms with E-state index in [0.717, 1.165) is 37.8 Å². The Kier molecular flexibility index (Phi) is 4.30. The number of halogens is 2. The van der Waals surface area contributed by atoms with Crippen LogP contribution in [0.5, 0.6) is 0 Å². The van der Waals surface area contributed by atoms with Crippen LogP contribution in [0.1, 0.15) is 48.9 Å². The molecule has 1 fully saturated rings. The van der Waals surface area contributed by atoms with Crippen LogP contribution in [-0.4, -0.2) is 18.5 Å². The highest BCUT2D eigenvalue weighted by molar-refractivity contribution is 6.02. The summed E-state index contributed by atoms with van der Waals surface area (Å²) in [5.41, 5.74) is -1.03. The number of benzene rings is 1. The summed E-state index contributed by atoms with van der Waals surface area (Å²) >= 11 is 0. The molecule has 1 aromatic rings. The molecule has 0 unspecified atom stereocenters. The topological polar surface area (TPSA) is 26.3 Å². The number of hydrogen-bond donors (Lipinski definition) is 0. The van der Waals surface area contributed by atoms with E-state index in [0.29, 0.717) is 12.8 Å². The lowest BCUT2D eigenvalue weighted by Gasteiger charge is -2.29. The van der Waals surface area contributed by atoms with Crippen LogP contribution in [0.25, 0.3) is 0 Å². The average Bonchev–Trinajstić information content (AvgIpc) is 2.64. The molecule has 0 spiro atoms. The van der Waals surface area contributed by atoms with Gasteiger partial charge in [0, 0.05) is 13.2 Å². The zero-order valence-corrected chi connectivity index (χ0v) is 11.0. The van der Waals surface area contributed by atoms with Crippen LogP contribution in [-0.2, 0) is 4.74 Å². The van der Waals surface area contributed by atoms with Gasteiger partial charge in [-0.05, 0) is 25.0 Å². The summed E-state index contributed by atoms with van der Waals surface area (Å²) in [5.74, 6) is -1.86. The number of methoxy groups -OCH3 is 1. The zero-order valence-electron chi connectivity index (χ0n) is 11.0. The highest BCUT2D eigenvalue weighted by atomic mass is 19.1. The summed E-state index contributed by atoms with van der Waals surface area (Å²) < 4.78 is 32.1. The van der Waals surface area contributed by atoms with E-state index in [1.54, 1.807) is 0 Å². The number of Topliss-reactive ketones (excluding diaryl/α,β-unsaturated/α-hetero) is 1.